The molecule has 8 nitrogen and oxygen atoms in total. The molecule has 0 radical (unpaired) electrons. The number of nitrogens with one attached hydrogen (secondary N) is 1. The number of rotatable bonds is 3. The summed E-state index contributed by atoms with van der Waals surface area (Å²) in [5, 5.41) is 8.34. The number of fused-ring (bicyclic) bond motifs is 2. The highest BCUT2D eigenvalue weighted by atomic mass is 32.2. The van der Waals surface area contributed by atoms with Crippen molar-refractivity contribution >= 4 is 32.3 Å². The van der Waals surface area contributed by atoms with E-state index < -0.39 is 10.0 Å². The molecule has 0 unspecified atom stereocenters. The molecule has 1 fully saturated rings. The van der Waals surface area contributed by atoms with Crippen molar-refractivity contribution in [3.63, 3.8) is 0 Å². The van der Waals surface area contributed by atoms with E-state index in [0.29, 0.717) is 17.9 Å². The smallest absolute Gasteiger partial charge is 0.283 e. The van der Waals surface area contributed by atoms with Gasteiger partial charge in [-0.25, -0.2) is 0 Å². The highest BCUT2D eigenvalue weighted by molar-refractivity contribution is 7.90. The molecule has 0 aliphatic carbocycles. The average molecular weight is 414 g/mol. The van der Waals surface area contributed by atoms with Gasteiger partial charge >= 0.3 is 0 Å². The largest absolute Gasteiger partial charge is 0.490 e. The summed E-state index contributed by atoms with van der Waals surface area (Å²) in [6.07, 6.45) is 1.60. The molecule has 0 bridgehead atoms. The van der Waals surface area contributed by atoms with Crippen LogP contribution in [0.3, 0.4) is 0 Å². The second kappa shape index (κ2) is 6.93. The van der Waals surface area contributed by atoms with Crippen molar-refractivity contribution in [3.8, 4) is 5.75 Å². The van der Waals surface area contributed by atoms with Crippen molar-refractivity contribution in [3.05, 3.63) is 42.6 Å². The monoisotopic (exact) mass is 413 g/mol. The maximum absolute atomic E-state index is 13.4. The van der Waals surface area contributed by atoms with Gasteiger partial charge in [0.15, 0.2) is 0 Å². The molecule has 5 rings (SSSR count). The average Bonchev–Trinajstić information content (AvgIpc) is 3.18. The quantitative estimate of drug-likeness (QED) is 0.697. The van der Waals surface area contributed by atoms with E-state index in [9.17, 15) is 8.42 Å². The van der Waals surface area contributed by atoms with E-state index in [2.05, 4.69) is 15.3 Å². The fourth-order valence-corrected chi connectivity index (χ4v) is 5.17. The van der Waals surface area contributed by atoms with E-state index in [-0.39, 0.29) is 4.90 Å². The van der Waals surface area contributed by atoms with Gasteiger partial charge in [-0.3, -0.25) is 0 Å². The summed E-state index contributed by atoms with van der Waals surface area (Å²) in [6.45, 7) is 4.93. The number of benzene rings is 2. The van der Waals surface area contributed by atoms with Crippen molar-refractivity contribution in [1.29, 1.82) is 0 Å². The molecule has 2 aromatic carbocycles. The lowest BCUT2D eigenvalue weighted by Gasteiger charge is -2.29. The second-order valence-electron chi connectivity index (χ2n) is 7.37. The Morgan fingerprint density at radius 1 is 1.07 bits per heavy atom. The van der Waals surface area contributed by atoms with E-state index in [1.807, 2.05) is 30.1 Å². The van der Waals surface area contributed by atoms with Gasteiger partial charge in [-0.1, -0.05) is 0 Å². The third kappa shape index (κ3) is 3.10. The van der Waals surface area contributed by atoms with Gasteiger partial charge in [-0.05, 0) is 36.4 Å². The maximum atomic E-state index is 13.4. The lowest BCUT2D eigenvalue weighted by molar-refractivity contribution is 0.311. The molecule has 1 aromatic heterocycles. The number of aromatic nitrogens is 2. The molecule has 0 spiro atoms. The highest BCUT2D eigenvalue weighted by Crippen LogP contribution is 2.34. The van der Waals surface area contributed by atoms with Crippen LogP contribution in [-0.2, 0) is 10.0 Å². The van der Waals surface area contributed by atoms with Gasteiger partial charge in [-0.15, -0.1) is 0 Å². The minimum atomic E-state index is -3.83. The summed E-state index contributed by atoms with van der Waals surface area (Å²) in [4.78, 5) is 4.46. The van der Waals surface area contributed by atoms with Crippen LogP contribution < -0.4 is 19.9 Å². The van der Waals surface area contributed by atoms with Gasteiger partial charge in [0.1, 0.15) is 12.4 Å². The summed E-state index contributed by atoms with van der Waals surface area (Å²) in [6, 6.07) is 10.8. The van der Waals surface area contributed by atoms with E-state index in [0.717, 1.165) is 53.6 Å². The molecule has 152 valence electrons. The molecule has 3 heterocycles. The number of likely N-dealkylation sites (N-methyl/N-ethyl adjacent to an activating group) is 1. The van der Waals surface area contributed by atoms with Crippen molar-refractivity contribution in [1.82, 2.24) is 14.5 Å². The summed E-state index contributed by atoms with van der Waals surface area (Å²) in [5.74, 6) is 0.698. The zero-order chi connectivity index (χ0) is 20.0. The van der Waals surface area contributed by atoms with E-state index >= 15 is 0 Å². The van der Waals surface area contributed by atoms with Crippen molar-refractivity contribution in [2.24, 2.45) is 0 Å². The molecular weight excluding hydrogens is 390 g/mol. The van der Waals surface area contributed by atoms with E-state index in [1.54, 1.807) is 24.4 Å². The summed E-state index contributed by atoms with van der Waals surface area (Å²) in [5.41, 5.74) is 2.37. The number of hydrogen-bond donors (Lipinski definition) is 1. The standard InChI is InChI=1S/C20H23N5O3S/c1-23-10-11-28-20-5-4-17(13-19(20)23)29(26,27)25-18-12-16(3-2-15(18)14-22-25)24-8-6-21-7-9-24/h2-5,12-14,21H,6-11H2,1H3. The SMILES string of the molecule is CN1CCOc2ccc(S(=O)(=O)n3ncc4ccc(N5CCNCC5)cc43)cc21. The van der Waals surface area contributed by atoms with Gasteiger partial charge in [-0.2, -0.15) is 17.6 Å². The van der Waals surface area contributed by atoms with Crippen LogP contribution in [0.4, 0.5) is 11.4 Å². The first-order valence-electron chi connectivity index (χ1n) is 9.71. The number of nitrogens with zero attached hydrogens (tertiary/aromatic N) is 4. The first kappa shape index (κ1) is 18.3. The van der Waals surface area contributed by atoms with Gasteiger partial charge < -0.3 is 19.9 Å². The van der Waals surface area contributed by atoms with Crippen LogP contribution in [0.15, 0.2) is 47.5 Å². The minimum Gasteiger partial charge on any atom is -0.490 e. The molecule has 2 aliphatic heterocycles. The Balaban J connectivity index is 1.58. The Labute approximate surface area is 169 Å². The number of anilines is 2. The lowest BCUT2D eigenvalue weighted by Crippen LogP contribution is -2.43. The Bertz CT molecular complexity index is 1170. The molecule has 1 saturated heterocycles. The molecule has 9 heteroatoms. The molecule has 0 amide bonds. The molecule has 0 saturated carbocycles. The zero-order valence-electron chi connectivity index (χ0n) is 16.2. The van der Waals surface area contributed by atoms with Gasteiger partial charge in [0.2, 0.25) is 0 Å². The summed E-state index contributed by atoms with van der Waals surface area (Å²) < 4.78 is 33.6. The second-order valence-corrected chi connectivity index (χ2v) is 9.14. The van der Waals surface area contributed by atoms with Crippen LogP contribution in [0.5, 0.6) is 5.75 Å². The first-order valence-corrected chi connectivity index (χ1v) is 11.1. The Kier molecular flexibility index (Phi) is 4.36. The van der Waals surface area contributed by atoms with Crippen LogP contribution in [0, 0.1) is 0 Å². The molecule has 2 aliphatic rings. The molecule has 1 N–H and O–H groups in total. The van der Waals surface area contributed by atoms with Crippen molar-refractivity contribution in [2.75, 3.05) is 56.2 Å². The molecule has 29 heavy (non-hydrogen) atoms. The first-order chi connectivity index (χ1) is 14.0. The third-order valence-electron chi connectivity index (χ3n) is 5.56. The maximum Gasteiger partial charge on any atom is 0.283 e. The fraction of sp³-hybridized carbons (Fsp3) is 0.350. The summed E-state index contributed by atoms with van der Waals surface area (Å²) in [7, 11) is -1.90. The normalized spacial score (nSPS) is 17.3. The third-order valence-corrected chi connectivity index (χ3v) is 7.15. The van der Waals surface area contributed by atoms with Crippen molar-refractivity contribution < 1.29 is 13.2 Å². The minimum absolute atomic E-state index is 0.200. The van der Waals surface area contributed by atoms with Gasteiger partial charge in [0, 0.05) is 44.3 Å². The van der Waals surface area contributed by atoms with Crippen LogP contribution in [0.1, 0.15) is 0 Å². The molecular formula is C20H23N5O3S. The number of piperazine rings is 1. The molecule has 3 aromatic rings. The number of hydrogen-bond acceptors (Lipinski definition) is 7. The zero-order valence-corrected chi connectivity index (χ0v) is 17.0. The lowest BCUT2D eigenvalue weighted by atomic mass is 10.2. The van der Waals surface area contributed by atoms with Crippen LogP contribution in [-0.4, -0.2) is 64.0 Å². The van der Waals surface area contributed by atoms with E-state index in [1.165, 1.54) is 0 Å². The van der Waals surface area contributed by atoms with Crippen molar-refractivity contribution in [2.45, 2.75) is 4.90 Å². The summed E-state index contributed by atoms with van der Waals surface area (Å²) >= 11 is 0. The highest BCUT2D eigenvalue weighted by Gasteiger charge is 2.25. The topological polar surface area (TPSA) is 79.7 Å². The van der Waals surface area contributed by atoms with Gasteiger partial charge in [0.05, 0.1) is 28.8 Å². The Hall–Kier alpha value is -2.78. The van der Waals surface area contributed by atoms with Crippen LogP contribution in [0.2, 0.25) is 0 Å². The molecule has 0 atom stereocenters. The number of ether oxygens (including phenoxy) is 1. The predicted octanol–water partition coefficient (Wildman–Crippen LogP) is 1.51. The van der Waals surface area contributed by atoms with Crippen LogP contribution in [0.25, 0.3) is 10.9 Å². The Morgan fingerprint density at radius 3 is 2.72 bits per heavy atom. The fourth-order valence-electron chi connectivity index (χ4n) is 3.89. The predicted molar refractivity (Wildman–Crippen MR) is 113 cm³/mol. The van der Waals surface area contributed by atoms with E-state index in [4.69, 9.17) is 4.74 Å². The van der Waals surface area contributed by atoms with Crippen LogP contribution >= 0.6 is 0 Å². The Morgan fingerprint density at radius 2 is 1.90 bits per heavy atom. The van der Waals surface area contributed by atoms with Gasteiger partial charge in [0.25, 0.3) is 10.0 Å².